The second-order valence-corrected chi connectivity index (χ2v) is 11.5. The van der Waals surface area contributed by atoms with Crippen LogP contribution in [-0.4, -0.2) is 12.1 Å². The van der Waals surface area contributed by atoms with E-state index in [0.717, 1.165) is 32.1 Å². The molecule has 42 heavy (non-hydrogen) atoms. The fourth-order valence-electron chi connectivity index (χ4n) is 6.03. The van der Waals surface area contributed by atoms with Crippen LogP contribution in [-0.2, 0) is 0 Å². The fourth-order valence-corrected chi connectivity index (χ4v) is 6.03. The van der Waals surface area contributed by atoms with Gasteiger partial charge in [-0.15, -0.1) is 6.58 Å². The van der Waals surface area contributed by atoms with Crippen LogP contribution in [0.1, 0.15) is 44.6 Å². The summed E-state index contributed by atoms with van der Waals surface area (Å²) in [6, 6.07) is 18.6. The Bertz CT molecular complexity index is 1460. The minimum Gasteiger partial charge on any atom is -0.335 e. The highest BCUT2D eigenvalue weighted by atomic mass is 15.2. The van der Waals surface area contributed by atoms with Crippen molar-refractivity contribution in [1.82, 2.24) is 0 Å². The summed E-state index contributed by atoms with van der Waals surface area (Å²) >= 11 is 0. The predicted molar refractivity (Wildman–Crippen MR) is 183 cm³/mol. The largest absolute Gasteiger partial charge is 0.335 e. The molecular formula is C40H44N2. The molecule has 3 aliphatic carbocycles. The van der Waals surface area contributed by atoms with Crippen LogP contribution < -0.4 is 9.80 Å². The fraction of sp³-hybridized carbons (Fsp3) is 0.250. The molecular weight excluding hydrogens is 508 g/mol. The molecule has 3 unspecified atom stereocenters. The summed E-state index contributed by atoms with van der Waals surface area (Å²) in [5, 5.41) is 0. The third-order valence-electron chi connectivity index (χ3n) is 8.30. The van der Waals surface area contributed by atoms with Gasteiger partial charge in [0.05, 0.1) is 12.1 Å². The Morgan fingerprint density at radius 1 is 0.762 bits per heavy atom. The minimum atomic E-state index is 0.216. The molecule has 0 heterocycles. The van der Waals surface area contributed by atoms with Gasteiger partial charge in [0, 0.05) is 22.8 Å². The molecule has 0 bridgehead atoms. The number of hydrogen-bond acceptors (Lipinski definition) is 2. The van der Waals surface area contributed by atoms with Crippen LogP contribution in [0.2, 0.25) is 0 Å². The molecule has 2 aromatic rings. The molecule has 0 fully saturated rings. The SMILES string of the molecule is C=C/C=C\C1=CC(N(c2ccc(C)cc2)c2ccc(N(C3=CC(CCC=C)CC=C3)C3C=CC(C)=CC3)cc2)CC=C1. The summed E-state index contributed by atoms with van der Waals surface area (Å²) in [7, 11) is 0. The lowest BCUT2D eigenvalue weighted by atomic mass is 9.92. The zero-order valence-electron chi connectivity index (χ0n) is 25.2. The highest BCUT2D eigenvalue weighted by molar-refractivity contribution is 5.70. The first kappa shape index (κ1) is 29.2. The van der Waals surface area contributed by atoms with E-state index >= 15 is 0 Å². The average Bonchev–Trinajstić information content (AvgIpc) is 3.02. The molecule has 2 aromatic carbocycles. The smallest absolute Gasteiger partial charge is 0.0565 e. The normalized spacial score (nSPS) is 21.5. The van der Waals surface area contributed by atoms with E-state index in [1.165, 1.54) is 39.5 Å². The molecule has 0 spiro atoms. The average molecular weight is 553 g/mol. The molecule has 0 saturated heterocycles. The summed E-state index contributed by atoms with van der Waals surface area (Å²) in [6.07, 6.45) is 34.2. The molecule has 214 valence electrons. The number of nitrogens with zero attached hydrogens (tertiary/aromatic N) is 2. The first-order valence-corrected chi connectivity index (χ1v) is 15.3. The number of aryl methyl sites for hydroxylation is 1. The number of hydrogen-bond donors (Lipinski definition) is 0. The van der Waals surface area contributed by atoms with Crippen molar-refractivity contribution in [2.24, 2.45) is 5.92 Å². The predicted octanol–water partition coefficient (Wildman–Crippen LogP) is 10.6. The van der Waals surface area contributed by atoms with Crippen molar-refractivity contribution in [3.05, 3.63) is 163 Å². The van der Waals surface area contributed by atoms with Gasteiger partial charge in [-0.25, -0.2) is 0 Å². The molecule has 0 aromatic heterocycles. The number of anilines is 3. The zero-order valence-corrected chi connectivity index (χ0v) is 25.2. The Morgan fingerprint density at radius 3 is 2.12 bits per heavy atom. The van der Waals surface area contributed by atoms with Gasteiger partial charge in [0.15, 0.2) is 0 Å². The van der Waals surface area contributed by atoms with Crippen molar-refractivity contribution >= 4 is 17.1 Å². The lowest BCUT2D eigenvalue weighted by molar-refractivity contribution is 0.592. The maximum Gasteiger partial charge on any atom is 0.0565 e. The topological polar surface area (TPSA) is 6.48 Å². The van der Waals surface area contributed by atoms with E-state index in [-0.39, 0.29) is 12.1 Å². The maximum absolute atomic E-state index is 3.94. The van der Waals surface area contributed by atoms with Crippen LogP contribution in [0.25, 0.3) is 0 Å². The quantitative estimate of drug-likeness (QED) is 0.202. The van der Waals surface area contributed by atoms with E-state index in [4.69, 9.17) is 0 Å². The van der Waals surface area contributed by atoms with E-state index in [1.54, 1.807) is 0 Å². The summed E-state index contributed by atoms with van der Waals surface area (Å²) in [5.74, 6) is 0.544. The van der Waals surface area contributed by atoms with Gasteiger partial charge in [-0.3, -0.25) is 0 Å². The van der Waals surface area contributed by atoms with Crippen LogP contribution in [0.5, 0.6) is 0 Å². The second kappa shape index (κ2) is 14.0. The van der Waals surface area contributed by atoms with Crippen molar-refractivity contribution < 1.29 is 0 Å². The monoisotopic (exact) mass is 552 g/mol. The summed E-state index contributed by atoms with van der Waals surface area (Å²) in [5.41, 5.74) is 8.72. The van der Waals surface area contributed by atoms with Gasteiger partial charge in [0.2, 0.25) is 0 Å². The molecule has 0 N–H and O–H groups in total. The van der Waals surface area contributed by atoms with E-state index in [9.17, 15) is 0 Å². The summed E-state index contributed by atoms with van der Waals surface area (Å²) < 4.78 is 0. The van der Waals surface area contributed by atoms with Crippen molar-refractivity contribution in [2.45, 2.75) is 58.0 Å². The second-order valence-electron chi connectivity index (χ2n) is 11.5. The lowest BCUT2D eigenvalue weighted by Gasteiger charge is -2.37. The van der Waals surface area contributed by atoms with Crippen LogP contribution in [0.3, 0.4) is 0 Å². The molecule has 2 nitrogen and oxygen atoms in total. The Balaban J connectivity index is 1.50. The third-order valence-corrected chi connectivity index (χ3v) is 8.30. The molecule has 2 heteroatoms. The van der Waals surface area contributed by atoms with E-state index < -0.39 is 0 Å². The maximum atomic E-state index is 3.94. The number of benzene rings is 2. The first-order valence-electron chi connectivity index (χ1n) is 15.3. The summed E-state index contributed by atoms with van der Waals surface area (Å²) in [6.45, 7) is 12.1. The van der Waals surface area contributed by atoms with Crippen LogP contribution in [0.4, 0.5) is 17.1 Å². The molecule has 0 radical (unpaired) electrons. The molecule has 0 saturated carbocycles. The standard InChI is InChI=1S/C40H44N2/c1-5-7-11-33-13-9-15-39(29-33)41(35-21-17-31(3)18-22-35)37-25-27-38(28-26-37)42(36-23-19-32(4)20-24-36)40-16-10-14-34(30-40)12-8-6-2/h5-7,9-11,13,16-23,25-30,34,36,39H,1-2,8,12,14-15,24H2,3-4H3/b11-7-. The summed E-state index contributed by atoms with van der Waals surface area (Å²) in [4.78, 5) is 4.99. The van der Waals surface area contributed by atoms with Gasteiger partial charge in [-0.05, 0) is 99.9 Å². The first-order chi connectivity index (χ1) is 20.6. The van der Waals surface area contributed by atoms with Gasteiger partial charge in [0.1, 0.15) is 0 Å². The molecule has 3 aliphatic rings. The van der Waals surface area contributed by atoms with Crippen LogP contribution in [0, 0.1) is 12.8 Å². The van der Waals surface area contributed by atoms with Crippen molar-refractivity contribution in [2.75, 3.05) is 9.80 Å². The van der Waals surface area contributed by atoms with Gasteiger partial charge >= 0.3 is 0 Å². The Hall–Kier alpha value is -4.30. The Morgan fingerprint density at radius 2 is 1.45 bits per heavy atom. The van der Waals surface area contributed by atoms with Gasteiger partial charge in [-0.1, -0.05) is 103 Å². The minimum absolute atomic E-state index is 0.216. The molecule has 5 rings (SSSR count). The highest BCUT2D eigenvalue weighted by Gasteiger charge is 2.24. The van der Waals surface area contributed by atoms with Gasteiger partial charge in [0.25, 0.3) is 0 Å². The molecule has 0 amide bonds. The van der Waals surface area contributed by atoms with Crippen molar-refractivity contribution in [1.29, 1.82) is 0 Å². The third kappa shape index (κ3) is 7.12. The molecule has 3 atom stereocenters. The van der Waals surface area contributed by atoms with Crippen molar-refractivity contribution in [3.8, 4) is 0 Å². The zero-order chi connectivity index (χ0) is 29.3. The van der Waals surface area contributed by atoms with Crippen molar-refractivity contribution in [3.63, 3.8) is 0 Å². The van der Waals surface area contributed by atoms with E-state index in [1.807, 2.05) is 18.2 Å². The number of allylic oxidation sites excluding steroid dienone is 11. The molecule has 0 aliphatic heterocycles. The van der Waals surface area contributed by atoms with Gasteiger partial charge in [-0.2, -0.15) is 0 Å². The van der Waals surface area contributed by atoms with E-state index in [0.29, 0.717) is 5.92 Å². The van der Waals surface area contributed by atoms with Crippen LogP contribution >= 0.6 is 0 Å². The number of rotatable bonds is 11. The Labute approximate surface area is 253 Å². The van der Waals surface area contributed by atoms with Crippen LogP contribution in [0.15, 0.2) is 158 Å². The van der Waals surface area contributed by atoms with Gasteiger partial charge < -0.3 is 9.80 Å². The lowest BCUT2D eigenvalue weighted by Crippen LogP contribution is -2.34. The Kier molecular flexibility index (Phi) is 9.77. The van der Waals surface area contributed by atoms with E-state index in [2.05, 4.69) is 146 Å². The highest BCUT2D eigenvalue weighted by Crippen LogP contribution is 2.36.